The number of halogens is 1. The maximum atomic E-state index is 11.7. The quantitative estimate of drug-likeness (QED) is 0.689. The molecular weight excluding hydrogens is 246 g/mol. The van der Waals surface area contributed by atoms with Crippen LogP contribution in [0.2, 0.25) is 5.02 Å². The van der Waals surface area contributed by atoms with Gasteiger partial charge in [0.15, 0.2) is 0 Å². The second kappa shape index (κ2) is 7.26. The van der Waals surface area contributed by atoms with Crippen LogP contribution in [0.4, 0.5) is 0 Å². The Morgan fingerprint density at radius 2 is 2.47 bits per heavy atom. The Morgan fingerprint density at radius 1 is 1.71 bits per heavy atom. The molecule has 1 rings (SSSR count). The molecule has 0 saturated carbocycles. The van der Waals surface area contributed by atoms with Crippen molar-refractivity contribution in [3.8, 4) is 0 Å². The number of carbonyl (C=O) groups excluding carboxylic acids is 1. The maximum Gasteiger partial charge on any atom is 0.244 e. The molecule has 6 nitrogen and oxygen atoms in total. The SMILES string of the molecule is C[C@@H](C(=O)NCCOCCO)n1cc(Cl)cn1. The van der Waals surface area contributed by atoms with E-state index in [1.165, 1.54) is 10.9 Å². The van der Waals surface area contributed by atoms with Gasteiger partial charge in [0.2, 0.25) is 5.91 Å². The van der Waals surface area contributed by atoms with E-state index in [2.05, 4.69) is 10.4 Å². The van der Waals surface area contributed by atoms with Gasteiger partial charge in [-0.2, -0.15) is 5.10 Å². The highest BCUT2D eigenvalue weighted by Crippen LogP contribution is 2.10. The number of nitrogens with zero attached hydrogens (tertiary/aromatic N) is 2. The topological polar surface area (TPSA) is 76.4 Å². The van der Waals surface area contributed by atoms with Crippen LogP contribution < -0.4 is 5.32 Å². The fourth-order valence-corrected chi connectivity index (χ4v) is 1.35. The summed E-state index contributed by atoms with van der Waals surface area (Å²) in [5.41, 5.74) is 0. The zero-order valence-electron chi connectivity index (χ0n) is 9.60. The van der Waals surface area contributed by atoms with Crippen LogP contribution in [0.25, 0.3) is 0 Å². The van der Waals surface area contributed by atoms with Crippen molar-refractivity contribution in [1.29, 1.82) is 0 Å². The molecule has 1 aromatic rings. The van der Waals surface area contributed by atoms with Crippen LogP contribution in [0.3, 0.4) is 0 Å². The van der Waals surface area contributed by atoms with Crippen molar-refractivity contribution < 1.29 is 14.6 Å². The molecule has 0 spiro atoms. The molecule has 0 aliphatic heterocycles. The van der Waals surface area contributed by atoms with Crippen LogP contribution in [0.5, 0.6) is 0 Å². The van der Waals surface area contributed by atoms with E-state index in [1.54, 1.807) is 13.1 Å². The predicted octanol–water partition coefficient (Wildman–Crippen LogP) is 0.223. The molecule has 7 heteroatoms. The minimum absolute atomic E-state index is 0.0177. The van der Waals surface area contributed by atoms with E-state index in [1.807, 2.05) is 0 Å². The van der Waals surface area contributed by atoms with Crippen molar-refractivity contribution in [1.82, 2.24) is 15.1 Å². The molecule has 0 saturated heterocycles. The van der Waals surface area contributed by atoms with E-state index in [4.69, 9.17) is 21.4 Å². The molecule has 0 aromatic carbocycles. The molecule has 0 fully saturated rings. The highest BCUT2D eigenvalue weighted by atomic mass is 35.5. The molecule has 1 atom stereocenters. The van der Waals surface area contributed by atoms with Crippen LogP contribution in [0.15, 0.2) is 12.4 Å². The number of carbonyl (C=O) groups is 1. The lowest BCUT2D eigenvalue weighted by Crippen LogP contribution is -2.33. The second-order valence-electron chi connectivity index (χ2n) is 3.44. The number of ether oxygens (including phenoxy) is 1. The standard InChI is InChI=1S/C10H16ClN3O3/c1-8(14-7-9(11)6-13-14)10(16)12-2-4-17-5-3-15/h6-8,15H,2-5H2,1H3,(H,12,16)/t8-/m0/s1. The van der Waals surface area contributed by atoms with Crippen molar-refractivity contribution in [3.63, 3.8) is 0 Å². The van der Waals surface area contributed by atoms with Crippen LogP contribution in [0, 0.1) is 0 Å². The molecule has 0 bridgehead atoms. The Bertz CT molecular complexity index is 356. The minimum atomic E-state index is -0.416. The Labute approximate surface area is 105 Å². The van der Waals surface area contributed by atoms with Gasteiger partial charge in [0.1, 0.15) is 6.04 Å². The van der Waals surface area contributed by atoms with Gasteiger partial charge in [0.05, 0.1) is 31.0 Å². The number of rotatable bonds is 7. The van der Waals surface area contributed by atoms with E-state index in [0.29, 0.717) is 18.2 Å². The fourth-order valence-electron chi connectivity index (χ4n) is 1.21. The van der Waals surface area contributed by atoms with Gasteiger partial charge < -0.3 is 15.2 Å². The highest BCUT2D eigenvalue weighted by Gasteiger charge is 2.14. The summed E-state index contributed by atoms with van der Waals surface area (Å²) in [6.45, 7) is 2.76. The molecule has 1 heterocycles. The van der Waals surface area contributed by atoms with Crippen molar-refractivity contribution in [3.05, 3.63) is 17.4 Å². The van der Waals surface area contributed by atoms with Gasteiger partial charge in [0.25, 0.3) is 0 Å². The average Bonchev–Trinajstić information content (AvgIpc) is 2.74. The average molecular weight is 262 g/mol. The summed E-state index contributed by atoms with van der Waals surface area (Å²) in [7, 11) is 0. The zero-order chi connectivity index (χ0) is 12.7. The summed E-state index contributed by atoms with van der Waals surface area (Å²) in [6.07, 6.45) is 3.07. The lowest BCUT2D eigenvalue weighted by Gasteiger charge is -2.12. The van der Waals surface area contributed by atoms with E-state index < -0.39 is 6.04 Å². The first kappa shape index (κ1) is 14.0. The predicted molar refractivity (Wildman–Crippen MR) is 62.9 cm³/mol. The first-order valence-corrected chi connectivity index (χ1v) is 5.69. The third kappa shape index (κ3) is 4.72. The molecule has 0 unspecified atom stereocenters. The van der Waals surface area contributed by atoms with Gasteiger partial charge in [-0.1, -0.05) is 11.6 Å². The fraction of sp³-hybridized carbons (Fsp3) is 0.600. The lowest BCUT2D eigenvalue weighted by molar-refractivity contribution is -0.124. The van der Waals surface area contributed by atoms with E-state index in [0.717, 1.165) is 0 Å². The van der Waals surface area contributed by atoms with Crippen molar-refractivity contribution in [2.45, 2.75) is 13.0 Å². The van der Waals surface area contributed by atoms with E-state index >= 15 is 0 Å². The zero-order valence-corrected chi connectivity index (χ0v) is 10.4. The first-order chi connectivity index (χ1) is 8.15. The smallest absolute Gasteiger partial charge is 0.244 e. The Hall–Kier alpha value is -1.11. The van der Waals surface area contributed by atoms with Crippen LogP contribution >= 0.6 is 11.6 Å². The summed E-state index contributed by atoms with van der Waals surface area (Å²) >= 11 is 5.71. The number of amides is 1. The third-order valence-corrected chi connectivity index (χ3v) is 2.32. The Morgan fingerprint density at radius 3 is 3.06 bits per heavy atom. The lowest BCUT2D eigenvalue weighted by atomic mass is 10.3. The number of hydrogen-bond donors (Lipinski definition) is 2. The van der Waals surface area contributed by atoms with Crippen molar-refractivity contribution in [2.24, 2.45) is 0 Å². The first-order valence-electron chi connectivity index (χ1n) is 5.31. The third-order valence-electron chi connectivity index (χ3n) is 2.13. The highest BCUT2D eigenvalue weighted by molar-refractivity contribution is 6.30. The molecule has 17 heavy (non-hydrogen) atoms. The summed E-state index contributed by atoms with van der Waals surface area (Å²) in [6, 6.07) is -0.416. The Kier molecular flexibility index (Phi) is 5.96. The van der Waals surface area contributed by atoms with Crippen molar-refractivity contribution in [2.75, 3.05) is 26.4 Å². The number of nitrogens with one attached hydrogen (secondary N) is 1. The molecule has 0 radical (unpaired) electrons. The number of aromatic nitrogens is 2. The normalized spacial score (nSPS) is 12.4. The van der Waals surface area contributed by atoms with Gasteiger partial charge in [-0.05, 0) is 6.92 Å². The molecule has 96 valence electrons. The van der Waals surface area contributed by atoms with E-state index in [9.17, 15) is 4.79 Å². The number of aliphatic hydroxyl groups is 1. The summed E-state index contributed by atoms with van der Waals surface area (Å²) in [4.78, 5) is 11.7. The summed E-state index contributed by atoms with van der Waals surface area (Å²) < 4.78 is 6.51. The van der Waals surface area contributed by atoms with Gasteiger partial charge in [-0.3, -0.25) is 9.48 Å². The molecule has 0 aliphatic rings. The van der Waals surface area contributed by atoms with Crippen LogP contribution in [-0.2, 0) is 9.53 Å². The summed E-state index contributed by atoms with van der Waals surface area (Å²) in [5.74, 6) is -0.155. The minimum Gasteiger partial charge on any atom is -0.394 e. The van der Waals surface area contributed by atoms with Gasteiger partial charge in [-0.25, -0.2) is 0 Å². The van der Waals surface area contributed by atoms with Gasteiger partial charge in [-0.15, -0.1) is 0 Å². The Balaban J connectivity index is 2.28. The molecule has 1 aromatic heterocycles. The largest absolute Gasteiger partial charge is 0.394 e. The van der Waals surface area contributed by atoms with E-state index in [-0.39, 0.29) is 19.1 Å². The summed E-state index contributed by atoms with van der Waals surface area (Å²) in [5, 5.41) is 15.6. The monoisotopic (exact) mass is 261 g/mol. The molecule has 0 aliphatic carbocycles. The van der Waals surface area contributed by atoms with Crippen LogP contribution in [0.1, 0.15) is 13.0 Å². The number of hydrogen-bond acceptors (Lipinski definition) is 4. The van der Waals surface area contributed by atoms with Gasteiger partial charge in [0, 0.05) is 12.7 Å². The molecule has 2 N–H and O–H groups in total. The van der Waals surface area contributed by atoms with Crippen molar-refractivity contribution >= 4 is 17.5 Å². The maximum absolute atomic E-state index is 11.7. The second-order valence-corrected chi connectivity index (χ2v) is 3.88. The van der Waals surface area contributed by atoms with Crippen LogP contribution in [-0.4, -0.2) is 47.2 Å². The molecular formula is C10H16ClN3O3. The number of aliphatic hydroxyl groups excluding tert-OH is 1. The van der Waals surface area contributed by atoms with Gasteiger partial charge >= 0.3 is 0 Å². The molecule has 1 amide bonds.